The molecule has 1 N–H and O–H groups in total. The van der Waals surface area contributed by atoms with Crippen LogP contribution in [0.3, 0.4) is 0 Å². The van der Waals surface area contributed by atoms with Gasteiger partial charge in [-0.05, 0) is 39.3 Å². The molecule has 0 aliphatic carbocycles. The van der Waals surface area contributed by atoms with Crippen molar-refractivity contribution in [3.05, 3.63) is 0 Å². The Balaban J connectivity index is 3.76. The third-order valence-corrected chi connectivity index (χ3v) is 2.82. The molecule has 0 rings (SSSR count). The number of likely N-dealkylation sites (N-methyl/N-ethyl adjacent to an activating group) is 1. The standard InChI is InChI=1S/C13H30N2/c1-7-15(8-2)10-13(6)14-12(5)9-11(3)4/h11-14H,7-10H2,1-6H3. The Morgan fingerprint density at radius 3 is 1.87 bits per heavy atom. The summed E-state index contributed by atoms with van der Waals surface area (Å²) in [5.74, 6) is 0.785. The molecule has 0 spiro atoms. The minimum atomic E-state index is 0.596. The highest BCUT2D eigenvalue weighted by Crippen LogP contribution is 2.05. The fourth-order valence-electron chi connectivity index (χ4n) is 2.18. The van der Waals surface area contributed by atoms with Gasteiger partial charge in [0.15, 0.2) is 0 Å². The van der Waals surface area contributed by atoms with Crippen molar-refractivity contribution in [3.63, 3.8) is 0 Å². The molecular weight excluding hydrogens is 184 g/mol. The van der Waals surface area contributed by atoms with Gasteiger partial charge in [-0.1, -0.05) is 27.7 Å². The first-order valence-electron chi connectivity index (χ1n) is 6.47. The number of nitrogens with one attached hydrogen (secondary N) is 1. The number of nitrogens with zero attached hydrogens (tertiary/aromatic N) is 1. The van der Waals surface area contributed by atoms with Crippen molar-refractivity contribution in [1.82, 2.24) is 10.2 Å². The average Bonchev–Trinajstić information content (AvgIpc) is 2.12. The van der Waals surface area contributed by atoms with E-state index in [1.54, 1.807) is 0 Å². The van der Waals surface area contributed by atoms with Gasteiger partial charge >= 0.3 is 0 Å². The minimum absolute atomic E-state index is 0.596. The minimum Gasteiger partial charge on any atom is -0.310 e. The molecule has 0 aromatic rings. The van der Waals surface area contributed by atoms with Crippen molar-refractivity contribution in [1.29, 1.82) is 0 Å². The molecule has 2 nitrogen and oxygen atoms in total. The molecule has 0 aromatic heterocycles. The van der Waals surface area contributed by atoms with Crippen LogP contribution < -0.4 is 5.32 Å². The highest BCUT2D eigenvalue weighted by molar-refractivity contribution is 4.71. The van der Waals surface area contributed by atoms with E-state index >= 15 is 0 Å². The summed E-state index contributed by atoms with van der Waals surface area (Å²) in [7, 11) is 0. The van der Waals surface area contributed by atoms with Gasteiger partial charge in [0.2, 0.25) is 0 Å². The van der Waals surface area contributed by atoms with Crippen molar-refractivity contribution < 1.29 is 0 Å². The second-order valence-electron chi connectivity index (χ2n) is 5.08. The molecule has 0 aliphatic rings. The lowest BCUT2D eigenvalue weighted by Crippen LogP contribution is -2.43. The fraction of sp³-hybridized carbons (Fsp3) is 1.00. The van der Waals surface area contributed by atoms with Gasteiger partial charge in [-0.2, -0.15) is 0 Å². The van der Waals surface area contributed by atoms with Gasteiger partial charge < -0.3 is 10.2 Å². The summed E-state index contributed by atoms with van der Waals surface area (Å²) < 4.78 is 0. The molecule has 0 amide bonds. The van der Waals surface area contributed by atoms with E-state index in [4.69, 9.17) is 0 Å². The number of hydrogen-bond acceptors (Lipinski definition) is 2. The Morgan fingerprint density at radius 2 is 1.47 bits per heavy atom. The third-order valence-electron chi connectivity index (χ3n) is 2.82. The highest BCUT2D eigenvalue weighted by atomic mass is 15.1. The first kappa shape index (κ1) is 14.9. The van der Waals surface area contributed by atoms with E-state index in [1.807, 2.05) is 0 Å². The van der Waals surface area contributed by atoms with Gasteiger partial charge in [-0.25, -0.2) is 0 Å². The van der Waals surface area contributed by atoms with Crippen molar-refractivity contribution in [2.75, 3.05) is 19.6 Å². The lowest BCUT2D eigenvalue weighted by atomic mass is 10.0. The average molecular weight is 214 g/mol. The molecule has 0 saturated heterocycles. The summed E-state index contributed by atoms with van der Waals surface area (Å²) in [5, 5.41) is 3.67. The van der Waals surface area contributed by atoms with Crippen LogP contribution in [0.5, 0.6) is 0 Å². The zero-order valence-corrected chi connectivity index (χ0v) is 11.5. The predicted molar refractivity (Wildman–Crippen MR) is 69.3 cm³/mol. The van der Waals surface area contributed by atoms with Gasteiger partial charge in [-0.15, -0.1) is 0 Å². The highest BCUT2D eigenvalue weighted by Gasteiger charge is 2.11. The summed E-state index contributed by atoms with van der Waals surface area (Å²) in [6.07, 6.45) is 1.27. The van der Waals surface area contributed by atoms with Crippen LogP contribution in [-0.2, 0) is 0 Å². The van der Waals surface area contributed by atoms with E-state index in [9.17, 15) is 0 Å². The van der Waals surface area contributed by atoms with Crippen molar-refractivity contribution >= 4 is 0 Å². The maximum Gasteiger partial charge on any atom is 0.0169 e. The van der Waals surface area contributed by atoms with Crippen LogP contribution in [-0.4, -0.2) is 36.6 Å². The van der Waals surface area contributed by atoms with Crippen molar-refractivity contribution in [3.8, 4) is 0 Å². The first-order valence-corrected chi connectivity index (χ1v) is 6.47. The van der Waals surface area contributed by atoms with Crippen LogP contribution in [0.1, 0.15) is 48.0 Å². The molecule has 2 atom stereocenters. The van der Waals surface area contributed by atoms with Crippen LogP contribution in [0.4, 0.5) is 0 Å². The topological polar surface area (TPSA) is 15.3 Å². The summed E-state index contributed by atoms with van der Waals surface area (Å²) in [5.41, 5.74) is 0. The predicted octanol–water partition coefficient (Wildman–Crippen LogP) is 2.74. The zero-order valence-electron chi connectivity index (χ0n) is 11.5. The molecule has 0 fully saturated rings. The molecule has 0 aromatic carbocycles. The van der Waals surface area contributed by atoms with Crippen LogP contribution in [0.25, 0.3) is 0 Å². The van der Waals surface area contributed by atoms with Crippen LogP contribution in [0.15, 0.2) is 0 Å². The maximum atomic E-state index is 3.67. The third kappa shape index (κ3) is 7.80. The van der Waals surface area contributed by atoms with Gasteiger partial charge in [-0.3, -0.25) is 0 Å². The van der Waals surface area contributed by atoms with E-state index in [-0.39, 0.29) is 0 Å². The molecule has 92 valence electrons. The Hall–Kier alpha value is -0.0800. The van der Waals surface area contributed by atoms with Crippen LogP contribution in [0.2, 0.25) is 0 Å². The SMILES string of the molecule is CCN(CC)CC(C)NC(C)CC(C)C. The molecule has 0 radical (unpaired) electrons. The lowest BCUT2D eigenvalue weighted by molar-refractivity contribution is 0.258. The monoisotopic (exact) mass is 214 g/mol. The fourth-order valence-corrected chi connectivity index (χ4v) is 2.18. The molecule has 0 bridgehead atoms. The van der Waals surface area contributed by atoms with Gasteiger partial charge in [0, 0.05) is 18.6 Å². The molecule has 0 aliphatic heterocycles. The smallest absolute Gasteiger partial charge is 0.0169 e. The largest absolute Gasteiger partial charge is 0.310 e. The Bertz CT molecular complexity index is 141. The van der Waals surface area contributed by atoms with Crippen LogP contribution in [0, 0.1) is 5.92 Å². The summed E-state index contributed by atoms with van der Waals surface area (Å²) >= 11 is 0. The maximum absolute atomic E-state index is 3.67. The molecule has 2 heteroatoms. The van der Waals surface area contributed by atoms with Crippen molar-refractivity contribution in [2.24, 2.45) is 5.92 Å². The molecule has 0 heterocycles. The molecular formula is C13H30N2. The Kier molecular flexibility index (Phi) is 8.07. The van der Waals surface area contributed by atoms with E-state index in [2.05, 4.69) is 51.8 Å². The van der Waals surface area contributed by atoms with Crippen molar-refractivity contribution in [2.45, 2.75) is 60.0 Å². The molecule has 15 heavy (non-hydrogen) atoms. The first-order chi connectivity index (χ1) is 6.99. The zero-order chi connectivity index (χ0) is 11.8. The summed E-state index contributed by atoms with van der Waals surface area (Å²) in [4.78, 5) is 2.47. The second-order valence-corrected chi connectivity index (χ2v) is 5.08. The van der Waals surface area contributed by atoms with E-state index < -0.39 is 0 Å². The normalized spacial score (nSPS) is 16.0. The van der Waals surface area contributed by atoms with E-state index in [0.717, 1.165) is 25.6 Å². The van der Waals surface area contributed by atoms with Gasteiger partial charge in [0.1, 0.15) is 0 Å². The van der Waals surface area contributed by atoms with E-state index in [1.165, 1.54) is 6.42 Å². The van der Waals surface area contributed by atoms with Gasteiger partial charge in [0.05, 0.1) is 0 Å². The molecule has 2 unspecified atom stereocenters. The molecule has 0 saturated carbocycles. The van der Waals surface area contributed by atoms with Gasteiger partial charge in [0.25, 0.3) is 0 Å². The summed E-state index contributed by atoms with van der Waals surface area (Å²) in [6, 6.07) is 1.23. The number of hydrogen-bond donors (Lipinski definition) is 1. The van der Waals surface area contributed by atoms with Crippen LogP contribution >= 0.6 is 0 Å². The summed E-state index contributed by atoms with van der Waals surface area (Å²) in [6.45, 7) is 17.1. The Morgan fingerprint density at radius 1 is 0.933 bits per heavy atom. The lowest BCUT2D eigenvalue weighted by Gasteiger charge is -2.26. The Labute approximate surface area is 96.4 Å². The quantitative estimate of drug-likeness (QED) is 0.668. The second kappa shape index (κ2) is 8.12. The number of rotatable bonds is 8. The van der Waals surface area contributed by atoms with E-state index in [0.29, 0.717) is 12.1 Å².